The monoisotopic (exact) mass is 443 g/mol. The van der Waals surface area contributed by atoms with Crippen LogP contribution in [0.5, 0.6) is 0 Å². The van der Waals surface area contributed by atoms with Gasteiger partial charge in [0.1, 0.15) is 23.1 Å². The fraction of sp³-hybridized carbons (Fsp3) is 0.280. The van der Waals surface area contributed by atoms with E-state index >= 15 is 0 Å². The number of aromatic nitrogens is 2. The van der Waals surface area contributed by atoms with Gasteiger partial charge in [-0.25, -0.2) is 9.78 Å². The molecule has 3 aromatic rings. The lowest BCUT2D eigenvalue weighted by atomic mass is 10.1. The number of carbonyl (C=O) groups excluding carboxylic acids is 1. The SMILES string of the molecule is COC(=O)C(C#N)=Cc1c(N2CCN(Cc3ccccc3)CC2)nc2c(C)cccn2c1=O. The largest absolute Gasteiger partial charge is 0.465 e. The Kier molecular flexibility index (Phi) is 6.52. The van der Waals surface area contributed by atoms with Gasteiger partial charge in [-0.1, -0.05) is 36.4 Å². The van der Waals surface area contributed by atoms with Gasteiger partial charge in [0.05, 0.1) is 12.7 Å². The summed E-state index contributed by atoms with van der Waals surface area (Å²) in [5, 5.41) is 9.44. The first kappa shape index (κ1) is 22.2. The van der Waals surface area contributed by atoms with Crippen LogP contribution in [0.2, 0.25) is 0 Å². The fourth-order valence-corrected chi connectivity index (χ4v) is 4.02. The molecular formula is C25H25N5O3. The molecule has 1 aromatic carbocycles. The van der Waals surface area contributed by atoms with E-state index in [9.17, 15) is 14.9 Å². The normalized spacial score (nSPS) is 14.8. The number of hydrogen-bond acceptors (Lipinski definition) is 7. The lowest BCUT2D eigenvalue weighted by Crippen LogP contribution is -2.47. The molecule has 0 atom stereocenters. The second kappa shape index (κ2) is 9.67. The molecule has 2 aromatic heterocycles. The Bertz CT molecular complexity index is 1300. The molecule has 0 bridgehead atoms. The summed E-state index contributed by atoms with van der Waals surface area (Å²) >= 11 is 0. The highest BCUT2D eigenvalue weighted by atomic mass is 16.5. The van der Waals surface area contributed by atoms with Crippen molar-refractivity contribution in [2.24, 2.45) is 0 Å². The first-order chi connectivity index (χ1) is 16.0. The lowest BCUT2D eigenvalue weighted by Gasteiger charge is -2.36. The van der Waals surface area contributed by atoms with Gasteiger partial charge in [0.2, 0.25) is 0 Å². The number of nitriles is 1. The maximum atomic E-state index is 13.4. The maximum Gasteiger partial charge on any atom is 0.348 e. The minimum Gasteiger partial charge on any atom is -0.465 e. The van der Waals surface area contributed by atoms with E-state index in [4.69, 9.17) is 9.72 Å². The van der Waals surface area contributed by atoms with Crippen molar-refractivity contribution in [1.29, 1.82) is 5.26 Å². The topological polar surface area (TPSA) is 90.9 Å². The molecule has 0 N–H and O–H groups in total. The van der Waals surface area contributed by atoms with Crippen LogP contribution in [0.25, 0.3) is 11.7 Å². The highest BCUT2D eigenvalue weighted by Gasteiger charge is 2.24. The molecule has 4 rings (SSSR count). The molecule has 3 heterocycles. The molecule has 0 aliphatic carbocycles. The van der Waals surface area contributed by atoms with Crippen LogP contribution >= 0.6 is 0 Å². The molecule has 168 valence electrons. The Morgan fingerprint density at radius 2 is 1.88 bits per heavy atom. The van der Waals surface area contributed by atoms with Crippen molar-refractivity contribution in [2.45, 2.75) is 13.5 Å². The maximum absolute atomic E-state index is 13.4. The summed E-state index contributed by atoms with van der Waals surface area (Å²) in [6.45, 7) is 5.69. The highest BCUT2D eigenvalue weighted by molar-refractivity contribution is 5.98. The van der Waals surface area contributed by atoms with Gasteiger partial charge in [-0.2, -0.15) is 5.26 Å². The van der Waals surface area contributed by atoms with Crippen molar-refractivity contribution < 1.29 is 9.53 Å². The third-order valence-electron chi connectivity index (χ3n) is 5.80. The van der Waals surface area contributed by atoms with Gasteiger partial charge in [-0.15, -0.1) is 0 Å². The first-order valence-corrected chi connectivity index (χ1v) is 10.7. The van der Waals surface area contributed by atoms with Gasteiger partial charge in [0, 0.05) is 38.9 Å². The van der Waals surface area contributed by atoms with Crippen molar-refractivity contribution in [3.8, 4) is 6.07 Å². The molecule has 0 saturated carbocycles. The molecule has 1 fully saturated rings. The van der Waals surface area contributed by atoms with Crippen LogP contribution in [0.15, 0.2) is 59.0 Å². The fourth-order valence-electron chi connectivity index (χ4n) is 4.02. The number of fused-ring (bicyclic) bond motifs is 1. The molecule has 0 unspecified atom stereocenters. The van der Waals surface area contributed by atoms with E-state index < -0.39 is 5.97 Å². The Morgan fingerprint density at radius 3 is 2.55 bits per heavy atom. The Labute approximate surface area is 192 Å². The minimum absolute atomic E-state index is 0.205. The zero-order chi connectivity index (χ0) is 23.4. The molecule has 1 saturated heterocycles. The molecule has 0 amide bonds. The van der Waals surface area contributed by atoms with Gasteiger partial charge < -0.3 is 9.64 Å². The third kappa shape index (κ3) is 4.64. The summed E-state index contributed by atoms with van der Waals surface area (Å²) in [5.41, 5.74) is 2.30. The van der Waals surface area contributed by atoms with Gasteiger partial charge in [-0.05, 0) is 30.2 Å². The number of anilines is 1. The summed E-state index contributed by atoms with van der Waals surface area (Å²) < 4.78 is 6.15. The smallest absolute Gasteiger partial charge is 0.348 e. The number of nitrogens with zero attached hydrogens (tertiary/aromatic N) is 5. The average molecular weight is 444 g/mol. The molecule has 8 nitrogen and oxygen atoms in total. The standard InChI is InChI=1S/C25H25N5O3/c1-18-7-6-10-30-22(18)27-23(21(24(30)31)15-20(16-26)25(32)33-2)29-13-11-28(12-14-29)17-19-8-4-3-5-9-19/h3-10,15H,11-14,17H2,1-2H3. The van der Waals surface area contributed by atoms with Crippen LogP contribution in [0.3, 0.4) is 0 Å². The number of methoxy groups -OCH3 is 1. The number of carbonyl (C=O) groups is 1. The molecular weight excluding hydrogens is 418 g/mol. The van der Waals surface area contributed by atoms with E-state index in [1.807, 2.05) is 42.2 Å². The summed E-state index contributed by atoms with van der Waals surface area (Å²) in [5.74, 6) is -0.310. The summed E-state index contributed by atoms with van der Waals surface area (Å²) in [4.78, 5) is 34.6. The van der Waals surface area contributed by atoms with E-state index in [0.717, 1.165) is 25.2 Å². The summed E-state index contributed by atoms with van der Waals surface area (Å²) in [6, 6.07) is 15.8. The number of benzene rings is 1. The summed E-state index contributed by atoms with van der Waals surface area (Å²) in [7, 11) is 1.20. The van der Waals surface area contributed by atoms with Crippen LogP contribution in [-0.4, -0.2) is 53.5 Å². The zero-order valence-corrected chi connectivity index (χ0v) is 18.7. The summed E-state index contributed by atoms with van der Waals surface area (Å²) in [6.07, 6.45) is 2.93. The molecule has 0 radical (unpaired) electrons. The van der Waals surface area contributed by atoms with E-state index in [-0.39, 0.29) is 16.7 Å². The predicted octanol–water partition coefficient (Wildman–Crippen LogP) is 2.41. The Hall–Kier alpha value is -3.96. The number of esters is 1. The van der Waals surface area contributed by atoms with Crippen molar-refractivity contribution >= 4 is 23.5 Å². The average Bonchev–Trinajstić information content (AvgIpc) is 2.84. The van der Waals surface area contributed by atoms with E-state index in [2.05, 4.69) is 17.0 Å². The molecule has 1 aliphatic rings. The van der Waals surface area contributed by atoms with Crippen molar-refractivity contribution in [2.75, 3.05) is 38.2 Å². The van der Waals surface area contributed by atoms with Crippen LogP contribution < -0.4 is 10.5 Å². The van der Waals surface area contributed by atoms with E-state index in [1.165, 1.54) is 23.1 Å². The number of pyridine rings is 1. The number of rotatable bonds is 5. The van der Waals surface area contributed by atoms with Crippen LogP contribution in [0.1, 0.15) is 16.7 Å². The van der Waals surface area contributed by atoms with Crippen LogP contribution in [0, 0.1) is 18.3 Å². The van der Waals surface area contributed by atoms with Gasteiger partial charge >= 0.3 is 5.97 Å². The third-order valence-corrected chi connectivity index (χ3v) is 5.80. The van der Waals surface area contributed by atoms with Gasteiger partial charge in [-0.3, -0.25) is 14.1 Å². The van der Waals surface area contributed by atoms with Crippen molar-refractivity contribution in [1.82, 2.24) is 14.3 Å². The number of hydrogen-bond donors (Lipinski definition) is 0. The second-order valence-electron chi connectivity index (χ2n) is 7.95. The number of ether oxygens (including phenoxy) is 1. The predicted molar refractivity (Wildman–Crippen MR) is 126 cm³/mol. The second-order valence-corrected chi connectivity index (χ2v) is 7.95. The first-order valence-electron chi connectivity index (χ1n) is 10.7. The quantitative estimate of drug-likeness (QED) is 0.340. The van der Waals surface area contributed by atoms with E-state index in [1.54, 1.807) is 12.3 Å². The van der Waals surface area contributed by atoms with Gasteiger partial charge in [0.25, 0.3) is 5.56 Å². The Balaban J connectivity index is 1.71. The van der Waals surface area contributed by atoms with Crippen LogP contribution in [0.4, 0.5) is 5.82 Å². The lowest BCUT2D eigenvalue weighted by molar-refractivity contribution is -0.135. The Morgan fingerprint density at radius 1 is 1.15 bits per heavy atom. The van der Waals surface area contributed by atoms with E-state index in [0.29, 0.717) is 24.6 Å². The molecule has 1 aliphatic heterocycles. The minimum atomic E-state index is -0.787. The zero-order valence-electron chi connectivity index (χ0n) is 18.7. The van der Waals surface area contributed by atoms with Crippen molar-refractivity contribution in [3.63, 3.8) is 0 Å². The van der Waals surface area contributed by atoms with Crippen molar-refractivity contribution in [3.05, 3.63) is 81.3 Å². The molecule has 33 heavy (non-hydrogen) atoms. The molecule has 0 spiro atoms. The van der Waals surface area contributed by atoms with Crippen LogP contribution in [-0.2, 0) is 16.1 Å². The highest BCUT2D eigenvalue weighted by Crippen LogP contribution is 2.22. The number of aryl methyl sites for hydroxylation is 1. The number of piperazine rings is 1. The van der Waals surface area contributed by atoms with Gasteiger partial charge in [0.15, 0.2) is 0 Å². The molecule has 8 heteroatoms.